The van der Waals surface area contributed by atoms with Gasteiger partial charge in [0.15, 0.2) is 0 Å². The molecule has 1 amide bonds. The molecule has 2 N–H and O–H groups in total. The van der Waals surface area contributed by atoms with Gasteiger partial charge in [0.05, 0.1) is 0 Å². The molecule has 2 aromatic rings. The summed E-state index contributed by atoms with van der Waals surface area (Å²) in [6, 6.07) is 10.4. The van der Waals surface area contributed by atoms with E-state index in [1.165, 1.54) is 18.0 Å². The Morgan fingerprint density at radius 2 is 2.17 bits per heavy atom. The van der Waals surface area contributed by atoms with Gasteiger partial charge in [-0.05, 0) is 62.0 Å². The maximum Gasteiger partial charge on any atom is 0.251 e. The predicted molar refractivity (Wildman–Crippen MR) is 89.2 cm³/mol. The molecule has 2 bridgehead atoms. The first-order valence-corrected chi connectivity index (χ1v) is 8.73. The number of carbonyl (C=O) groups is 1. The van der Waals surface area contributed by atoms with Crippen molar-refractivity contribution in [3.05, 3.63) is 40.8 Å². The van der Waals surface area contributed by atoms with E-state index in [1.54, 1.807) is 12.1 Å². The van der Waals surface area contributed by atoms with Gasteiger partial charge >= 0.3 is 0 Å². The number of nitrogens with one attached hydrogen (secondary N) is 2. The van der Waals surface area contributed by atoms with E-state index >= 15 is 0 Å². The lowest BCUT2D eigenvalue weighted by Crippen LogP contribution is -2.42. The van der Waals surface area contributed by atoms with Crippen LogP contribution in [0.2, 0.25) is 0 Å². The highest BCUT2D eigenvalue weighted by atomic mass is 32.1. The number of fused-ring (bicyclic) bond motifs is 2. The number of ether oxygens (including phenoxy) is 1. The monoisotopic (exact) mass is 329 g/mol. The van der Waals surface area contributed by atoms with E-state index in [0.717, 1.165) is 17.7 Å². The highest BCUT2D eigenvalue weighted by Gasteiger charge is 2.39. The second kappa shape index (κ2) is 5.94. The van der Waals surface area contributed by atoms with E-state index in [-0.39, 0.29) is 11.9 Å². The van der Waals surface area contributed by atoms with Crippen LogP contribution in [0.4, 0.5) is 0 Å². The normalized spacial score (nSPS) is 25.5. The van der Waals surface area contributed by atoms with Gasteiger partial charge in [-0.1, -0.05) is 0 Å². The number of amides is 1. The molecule has 0 spiro atoms. The molecule has 2 aliphatic heterocycles. The molecule has 2 fully saturated rings. The first-order valence-electron chi connectivity index (χ1n) is 7.95. The molecular formula is C17H19N3O2S. The lowest BCUT2D eigenvalue weighted by atomic mass is 9.95. The minimum atomic E-state index is -0.0135. The molecule has 120 valence electrons. The molecule has 2 saturated heterocycles. The Morgan fingerprint density at radius 3 is 2.78 bits per heavy atom. The second-order valence-corrected chi connectivity index (χ2v) is 7.27. The van der Waals surface area contributed by atoms with Crippen molar-refractivity contribution in [3.63, 3.8) is 0 Å². The van der Waals surface area contributed by atoms with Crippen molar-refractivity contribution in [2.24, 2.45) is 0 Å². The topological polar surface area (TPSA) is 63.2 Å². The van der Waals surface area contributed by atoms with Crippen molar-refractivity contribution in [1.29, 1.82) is 0 Å². The molecule has 3 atom stereocenters. The van der Waals surface area contributed by atoms with Gasteiger partial charge in [-0.15, -0.1) is 0 Å². The Hall–Kier alpha value is -1.92. The molecule has 0 radical (unpaired) electrons. The molecule has 0 aliphatic carbocycles. The minimum Gasteiger partial charge on any atom is -0.438 e. The van der Waals surface area contributed by atoms with Crippen LogP contribution in [0, 0.1) is 6.92 Å². The highest BCUT2D eigenvalue weighted by molar-refractivity contribution is 7.05. The second-order valence-electron chi connectivity index (χ2n) is 6.27. The van der Waals surface area contributed by atoms with E-state index in [0.29, 0.717) is 29.3 Å². The summed E-state index contributed by atoms with van der Waals surface area (Å²) in [4.78, 5) is 13.5. The van der Waals surface area contributed by atoms with Crippen LogP contribution in [0.1, 0.15) is 34.5 Å². The van der Waals surface area contributed by atoms with Crippen molar-refractivity contribution in [3.8, 4) is 11.6 Å². The summed E-state index contributed by atoms with van der Waals surface area (Å²) in [7, 11) is 0. The molecule has 1 aromatic carbocycles. The molecule has 3 unspecified atom stereocenters. The molecule has 1 aromatic heterocycles. The van der Waals surface area contributed by atoms with E-state index in [4.69, 9.17) is 4.74 Å². The first-order chi connectivity index (χ1) is 11.2. The van der Waals surface area contributed by atoms with E-state index in [1.807, 2.05) is 25.1 Å². The number of carbonyl (C=O) groups excluding carboxylic acids is 1. The maximum absolute atomic E-state index is 12.4. The molecule has 23 heavy (non-hydrogen) atoms. The third-order valence-corrected chi connectivity index (χ3v) is 5.24. The number of nitrogens with zero attached hydrogens (tertiary/aromatic N) is 1. The molecule has 3 heterocycles. The number of aromatic nitrogens is 1. The fraction of sp³-hybridized carbons (Fsp3) is 0.412. The third-order valence-electron chi connectivity index (χ3n) is 4.56. The lowest BCUT2D eigenvalue weighted by molar-refractivity contribution is 0.0931. The number of rotatable bonds is 4. The molecule has 5 nitrogen and oxygen atoms in total. The largest absolute Gasteiger partial charge is 0.438 e. The standard InChI is InChI=1S/C17H19N3O2S/c1-10-8-16(20-23-10)22-13-5-2-11(3-6-13)17(21)19-15-9-12-4-7-14(15)18-12/h2-3,5-6,8,12,14-15,18H,4,7,9H2,1H3,(H,19,21). The first kappa shape index (κ1) is 14.7. The Balaban J connectivity index is 1.38. The van der Waals surface area contributed by atoms with E-state index < -0.39 is 0 Å². The molecule has 6 heteroatoms. The zero-order valence-electron chi connectivity index (χ0n) is 12.9. The fourth-order valence-electron chi connectivity index (χ4n) is 3.42. The van der Waals surface area contributed by atoms with Gasteiger partial charge in [0, 0.05) is 34.6 Å². The highest BCUT2D eigenvalue weighted by Crippen LogP contribution is 2.28. The minimum absolute atomic E-state index is 0.0135. The van der Waals surface area contributed by atoms with Crippen molar-refractivity contribution in [1.82, 2.24) is 15.0 Å². The summed E-state index contributed by atoms with van der Waals surface area (Å²) in [5, 5.41) is 6.68. The van der Waals surface area contributed by atoms with Gasteiger partial charge in [-0.25, -0.2) is 0 Å². The van der Waals surface area contributed by atoms with Crippen LogP contribution in [0.5, 0.6) is 11.6 Å². The maximum atomic E-state index is 12.4. The quantitative estimate of drug-likeness (QED) is 0.905. The van der Waals surface area contributed by atoms with Crippen LogP contribution >= 0.6 is 11.5 Å². The Morgan fingerprint density at radius 1 is 1.35 bits per heavy atom. The average molecular weight is 329 g/mol. The van der Waals surface area contributed by atoms with Gasteiger partial charge in [-0.2, -0.15) is 4.37 Å². The summed E-state index contributed by atoms with van der Waals surface area (Å²) in [5.74, 6) is 1.27. The van der Waals surface area contributed by atoms with Crippen LogP contribution in [0.25, 0.3) is 0 Å². The SMILES string of the molecule is Cc1cc(Oc2ccc(C(=O)NC3CC4CCC3N4)cc2)ns1. The third kappa shape index (κ3) is 3.09. The molecule has 0 saturated carbocycles. The zero-order valence-corrected chi connectivity index (χ0v) is 13.7. The van der Waals surface area contributed by atoms with Gasteiger partial charge in [0.1, 0.15) is 5.75 Å². The van der Waals surface area contributed by atoms with Gasteiger partial charge in [-0.3, -0.25) is 4.79 Å². The Bertz CT molecular complexity index is 713. The van der Waals surface area contributed by atoms with Crippen LogP contribution in [-0.4, -0.2) is 28.4 Å². The molecular weight excluding hydrogens is 310 g/mol. The van der Waals surface area contributed by atoms with Crippen LogP contribution in [0.15, 0.2) is 30.3 Å². The van der Waals surface area contributed by atoms with Crippen LogP contribution in [-0.2, 0) is 0 Å². The van der Waals surface area contributed by atoms with Crippen molar-refractivity contribution in [2.75, 3.05) is 0 Å². The number of aryl methyl sites for hydroxylation is 1. The Labute approximate surface area is 139 Å². The molecule has 2 aliphatic rings. The zero-order chi connectivity index (χ0) is 15.8. The van der Waals surface area contributed by atoms with Gasteiger partial charge in [0.2, 0.25) is 5.88 Å². The summed E-state index contributed by atoms with van der Waals surface area (Å²) < 4.78 is 9.86. The summed E-state index contributed by atoms with van der Waals surface area (Å²) >= 11 is 1.41. The number of hydrogen-bond acceptors (Lipinski definition) is 5. The Kier molecular flexibility index (Phi) is 3.79. The lowest BCUT2D eigenvalue weighted by Gasteiger charge is -2.21. The van der Waals surface area contributed by atoms with E-state index in [2.05, 4.69) is 15.0 Å². The predicted octanol–water partition coefficient (Wildman–Crippen LogP) is 2.87. The van der Waals surface area contributed by atoms with Gasteiger partial charge in [0.25, 0.3) is 5.91 Å². The van der Waals surface area contributed by atoms with Crippen molar-refractivity contribution in [2.45, 2.75) is 44.3 Å². The van der Waals surface area contributed by atoms with Crippen LogP contribution < -0.4 is 15.4 Å². The summed E-state index contributed by atoms with van der Waals surface area (Å²) in [5.41, 5.74) is 0.662. The summed E-state index contributed by atoms with van der Waals surface area (Å²) in [6.45, 7) is 1.99. The van der Waals surface area contributed by atoms with Gasteiger partial charge < -0.3 is 15.4 Å². The average Bonchev–Trinajstić information content (AvgIpc) is 3.25. The molecule has 4 rings (SSSR count). The fourth-order valence-corrected chi connectivity index (χ4v) is 3.90. The van der Waals surface area contributed by atoms with Crippen LogP contribution in [0.3, 0.4) is 0 Å². The number of benzene rings is 1. The van der Waals surface area contributed by atoms with Crippen molar-refractivity contribution >= 4 is 17.4 Å². The summed E-state index contributed by atoms with van der Waals surface area (Å²) in [6.07, 6.45) is 3.44. The smallest absolute Gasteiger partial charge is 0.251 e. The van der Waals surface area contributed by atoms with Crippen molar-refractivity contribution < 1.29 is 9.53 Å². The van der Waals surface area contributed by atoms with E-state index in [9.17, 15) is 4.79 Å². The number of hydrogen-bond donors (Lipinski definition) is 2.